The van der Waals surface area contributed by atoms with Crippen molar-refractivity contribution in [3.05, 3.63) is 18.5 Å². The van der Waals surface area contributed by atoms with Crippen molar-refractivity contribution >= 4 is 5.91 Å². The van der Waals surface area contributed by atoms with Gasteiger partial charge in [0.25, 0.3) is 5.91 Å². The van der Waals surface area contributed by atoms with E-state index in [0.717, 1.165) is 25.9 Å². The van der Waals surface area contributed by atoms with Gasteiger partial charge in [-0.05, 0) is 32.0 Å². The molecule has 0 spiro atoms. The maximum atomic E-state index is 13.3. The molecule has 0 bridgehead atoms. The van der Waals surface area contributed by atoms with E-state index in [9.17, 15) is 4.79 Å². The molecule has 7 heteroatoms. The molecular formula is C15H26N4O3. The molecule has 0 radical (unpaired) electrons. The molecule has 7 nitrogen and oxygen atoms in total. The number of carbonyl (C=O) groups is 1. The predicted octanol–water partition coefficient (Wildman–Crippen LogP) is 0.0832. The number of rotatable bonds is 8. The van der Waals surface area contributed by atoms with E-state index in [1.807, 2.05) is 21.8 Å². The van der Waals surface area contributed by atoms with Crippen LogP contribution in [0.5, 0.6) is 0 Å². The molecule has 2 rings (SSSR count). The lowest BCUT2D eigenvalue weighted by molar-refractivity contribution is -0.144. The van der Waals surface area contributed by atoms with Gasteiger partial charge in [-0.2, -0.15) is 5.10 Å². The first-order valence-corrected chi connectivity index (χ1v) is 7.72. The van der Waals surface area contributed by atoms with Crippen LogP contribution < -0.4 is 5.32 Å². The minimum absolute atomic E-state index is 0.104. The van der Waals surface area contributed by atoms with Crippen LogP contribution in [0.3, 0.4) is 0 Å². The summed E-state index contributed by atoms with van der Waals surface area (Å²) in [5, 5.41) is 7.68. The minimum Gasteiger partial charge on any atom is -0.383 e. The quantitative estimate of drug-likeness (QED) is 0.737. The third-order valence-corrected chi connectivity index (χ3v) is 4.19. The number of hydrogen-bond acceptors (Lipinski definition) is 5. The van der Waals surface area contributed by atoms with Crippen LogP contribution in [0.15, 0.2) is 18.5 Å². The molecular weight excluding hydrogens is 284 g/mol. The van der Waals surface area contributed by atoms with Gasteiger partial charge in [-0.15, -0.1) is 0 Å². The summed E-state index contributed by atoms with van der Waals surface area (Å²) in [5.74, 6) is 0.104. The summed E-state index contributed by atoms with van der Waals surface area (Å²) in [4.78, 5) is 15.1. The number of ether oxygens (including phenoxy) is 2. The van der Waals surface area contributed by atoms with E-state index >= 15 is 0 Å². The zero-order valence-corrected chi connectivity index (χ0v) is 13.5. The molecule has 0 aromatic carbocycles. The Balaban J connectivity index is 2.22. The fourth-order valence-corrected chi connectivity index (χ4v) is 2.92. The molecule has 0 atom stereocenters. The van der Waals surface area contributed by atoms with Gasteiger partial charge in [-0.3, -0.25) is 9.48 Å². The van der Waals surface area contributed by atoms with Gasteiger partial charge in [0.05, 0.1) is 13.2 Å². The lowest BCUT2D eigenvalue weighted by atomic mass is 9.86. The number of methoxy groups -OCH3 is 2. The summed E-state index contributed by atoms with van der Waals surface area (Å²) in [6.45, 7) is 3.79. The lowest BCUT2D eigenvalue weighted by Gasteiger charge is -2.40. The molecule has 0 saturated carbocycles. The van der Waals surface area contributed by atoms with Gasteiger partial charge in [0.1, 0.15) is 5.54 Å². The Labute approximate surface area is 131 Å². The smallest absolute Gasteiger partial charge is 0.250 e. The fraction of sp³-hybridized carbons (Fsp3) is 0.733. The largest absolute Gasteiger partial charge is 0.383 e. The topological polar surface area (TPSA) is 68.6 Å². The first-order valence-electron chi connectivity index (χ1n) is 7.72. The summed E-state index contributed by atoms with van der Waals surface area (Å²) in [6.07, 6.45) is 5.09. The molecule has 124 valence electrons. The molecule has 0 unspecified atom stereocenters. The normalized spacial score (nSPS) is 17.4. The van der Waals surface area contributed by atoms with Crippen LogP contribution in [-0.4, -0.2) is 74.2 Å². The van der Waals surface area contributed by atoms with E-state index in [2.05, 4.69) is 10.4 Å². The van der Waals surface area contributed by atoms with Gasteiger partial charge in [0, 0.05) is 39.7 Å². The van der Waals surface area contributed by atoms with E-state index in [1.165, 1.54) is 0 Å². The Bertz CT molecular complexity index is 436. The number of piperidine rings is 1. The fourth-order valence-electron chi connectivity index (χ4n) is 2.92. The number of carbonyl (C=O) groups excluding carboxylic acids is 1. The average molecular weight is 310 g/mol. The molecule has 1 aliphatic heterocycles. The van der Waals surface area contributed by atoms with E-state index in [-0.39, 0.29) is 5.91 Å². The van der Waals surface area contributed by atoms with Crippen LogP contribution in [-0.2, 0) is 19.8 Å². The highest BCUT2D eigenvalue weighted by Gasteiger charge is 2.44. The lowest BCUT2D eigenvalue weighted by Crippen LogP contribution is -2.56. The minimum atomic E-state index is -0.601. The highest BCUT2D eigenvalue weighted by Crippen LogP contribution is 2.29. The number of amides is 1. The first-order chi connectivity index (χ1) is 10.7. The average Bonchev–Trinajstić information content (AvgIpc) is 3.10. The third-order valence-electron chi connectivity index (χ3n) is 4.19. The van der Waals surface area contributed by atoms with Crippen molar-refractivity contribution in [1.82, 2.24) is 20.0 Å². The number of hydrogen-bond donors (Lipinski definition) is 1. The first kappa shape index (κ1) is 16.9. The van der Waals surface area contributed by atoms with Crippen LogP contribution in [0, 0.1) is 0 Å². The highest BCUT2D eigenvalue weighted by atomic mass is 16.5. The van der Waals surface area contributed by atoms with E-state index in [0.29, 0.717) is 26.3 Å². The summed E-state index contributed by atoms with van der Waals surface area (Å²) in [5.41, 5.74) is -0.601. The van der Waals surface area contributed by atoms with Crippen LogP contribution in [0.4, 0.5) is 0 Å². The van der Waals surface area contributed by atoms with Crippen molar-refractivity contribution in [1.29, 1.82) is 0 Å². The summed E-state index contributed by atoms with van der Waals surface area (Å²) < 4.78 is 12.1. The van der Waals surface area contributed by atoms with E-state index < -0.39 is 5.54 Å². The maximum Gasteiger partial charge on any atom is 0.250 e. The predicted molar refractivity (Wildman–Crippen MR) is 82.6 cm³/mol. The molecule has 22 heavy (non-hydrogen) atoms. The number of aromatic nitrogens is 2. The Morgan fingerprint density at radius 1 is 1.27 bits per heavy atom. The monoisotopic (exact) mass is 310 g/mol. The van der Waals surface area contributed by atoms with Crippen molar-refractivity contribution in [2.75, 3.05) is 53.6 Å². The maximum absolute atomic E-state index is 13.3. The van der Waals surface area contributed by atoms with Gasteiger partial charge in [0.2, 0.25) is 0 Å². The van der Waals surface area contributed by atoms with E-state index in [4.69, 9.17) is 9.47 Å². The third kappa shape index (κ3) is 3.66. The molecule has 1 aromatic rings. The zero-order valence-electron chi connectivity index (χ0n) is 13.5. The Morgan fingerprint density at radius 2 is 1.91 bits per heavy atom. The Morgan fingerprint density at radius 3 is 2.41 bits per heavy atom. The van der Waals surface area contributed by atoms with Crippen LogP contribution in [0.2, 0.25) is 0 Å². The van der Waals surface area contributed by atoms with Crippen molar-refractivity contribution < 1.29 is 14.3 Å². The number of nitrogens with one attached hydrogen (secondary N) is 1. The summed E-state index contributed by atoms with van der Waals surface area (Å²) in [7, 11) is 3.29. The molecule has 1 aromatic heterocycles. The Hall–Kier alpha value is -1.44. The zero-order chi connectivity index (χ0) is 15.8. The van der Waals surface area contributed by atoms with E-state index in [1.54, 1.807) is 20.4 Å². The SMILES string of the molecule is COCCN(CCOC)C(=O)C1(n2cccn2)CCNCC1. The number of nitrogens with zero attached hydrogens (tertiary/aromatic N) is 3. The van der Waals surface area contributed by atoms with Crippen molar-refractivity contribution in [3.63, 3.8) is 0 Å². The van der Waals surface area contributed by atoms with Crippen LogP contribution in [0.1, 0.15) is 12.8 Å². The second kappa shape index (κ2) is 8.26. The van der Waals surface area contributed by atoms with Gasteiger partial charge < -0.3 is 19.7 Å². The molecule has 1 fully saturated rings. The van der Waals surface area contributed by atoms with Gasteiger partial charge in [-0.1, -0.05) is 0 Å². The summed E-state index contributed by atoms with van der Waals surface area (Å²) in [6, 6.07) is 1.87. The molecule has 1 aliphatic rings. The molecule has 2 heterocycles. The van der Waals surface area contributed by atoms with Crippen molar-refractivity contribution in [2.45, 2.75) is 18.4 Å². The van der Waals surface area contributed by atoms with Crippen LogP contribution >= 0.6 is 0 Å². The van der Waals surface area contributed by atoms with Gasteiger partial charge in [-0.25, -0.2) is 0 Å². The second-order valence-electron chi connectivity index (χ2n) is 5.51. The van der Waals surface area contributed by atoms with Crippen molar-refractivity contribution in [3.8, 4) is 0 Å². The van der Waals surface area contributed by atoms with Crippen LogP contribution in [0.25, 0.3) is 0 Å². The highest BCUT2D eigenvalue weighted by molar-refractivity contribution is 5.84. The molecule has 1 amide bonds. The second-order valence-corrected chi connectivity index (χ2v) is 5.51. The standard InChI is InChI=1S/C15H26N4O3/c1-21-12-10-18(11-13-22-2)14(20)15(4-7-16-8-5-15)19-9-3-6-17-19/h3,6,9,16H,4-5,7-8,10-13H2,1-2H3. The van der Waals surface area contributed by atoms with Crippen molar-refractivity contribution in [2.24, 2.45) is 0 Å². The van der Waals surface area contributed by atoms with Gasteiger partial charge in [0.15, 0.2) is 0 Å². The summed E-state index contributed by atoms with van der Waals surface area (Å²) >= 11 is 0. The Kier molecular flexibility index (Phi) is 6.35. The molecule has 1 N–H and O–H groups in total. The molecule has 1 saturated heterocycles. The molecule has 0 aliphatic carbocycles. The van der Waals surface area contributed by atoms with Gasteiger partial charge >= 0.3 is 0 Å².